The lowest BCUT2D eigenvalue weighted by Crippen LogP contribution is -2.47. The fourth-order valence-corrected chi connectivity index (χ4v) is 5.78. The molecule has 0 unspecified atom stereocenters. The van der Waals surface area contributed by atoms with Gasteiger partial charge in [0, 0.05) is 39.0 Å². The largest absolute Gasteiger partial charge is 0.497 e. The molecule has 3 rings (SSSR count). The highest BCUT2D eigenvalue weighted by molar-refractivity contribution is 7.92. The van der Waals surface area contributed by atoms with Gasteiger partial charge in [-0.3, -0.25) is 9.59 Å². The maximum atomic E-state index is 12.9. The van der Waals surface area contributed by atoms with Gasteiger partial charge in [0.15, 0.2) is 9.84 Å². The summed E-state index contributed by atoms with van der Waals surface area (Å²) in [5.74, 6) is 0.708. The molecule has 2 amide bonds. The average Bonchev–Trinajstić information content (AvgIpc) is 2.73. The zero-order valence-electron chi connectivity index (χ0n) is 16.5. The summed E-state index contributed by atoms with van der Waals surface area (Å²) in [6.45, 7) is 3.72. The van der Waals surface area contributed by atoms with Crippen LogP contribution >= 0.6 is 0 Å². The molecule has 28 heavy (non-hydrogen) atoms. The fourth-order valence-electron chi connectivity index (χ4n) is 4.04. The van der Waals surface area contributed by atoms with Gasteiger partial charge in [-0.05, 0) is 49.9 Å². The first-order valence-corrected chi connectivity index (χ1v) is 11.3. The standard InChI is InChI=1S/C20H28N2O5S/c1-15(23)21-11-7-16(8-12-21)20(24)22-13-9-19(10-14-22)28(25,26)18-5-3-17(27-2)4-6-18/h3-6,16,19H,7-14H2,1-2H3. The first-order valence-electron chi connectivity index (χ1n) is 9.75. The molecular weight excluding hydrogens is 380 g/mol. The van der Waals surface area contributed by atoms with E-state index in [1.165, 1.54) is 0 Å². The van der Waals surface area contributed by atoms with Gasteiger partial charge in [-0.1, -0.05) is 0 Å². The second-order valence-corrected chi connectivity index (χ2v) is 9.75. The molecule has 0 N–H and O–H groups in total. The molecule has 2 aliphatic rings. The topological polar surface area (TPSA) is 84.0 Å². The lowest BCUT2D eigenvalue weighted by Gasteiger charge is -2.37. The quantitative estimate of drug-likeness (QED) is 0.757. The number of hydrogen-bond acceptors (Lipinski definition) is 5. The predicted octanol–water partition coefficient (Wildman–Crippen LogP) is 1.72. The molecule has 1 aromatic rings. The van der Waals surface area contributed by atoms with Crippen LogP contribution in [0.3, 0.4) is 0 Å². The Kier molecular flexibility index (Phi) is 6.27. The maximum absolute atomic E-state index is 12.9. The van der Waals surface area contributed by atoms with Crippen molar-refractivity contribution in [3.63, 3.8) is 0 Å². The minimum Gasteiger partial charge on any atom is -0.497 e. The van der Waals surface area contributed by atoms with E-state index < -0.39 is 15.1 Å². The predicted molar refractivity (Wildman–Crippen MR) is 105 cm³/mol. The molecular formula is C20H28N2O5S. The number of ether oxygens (including phenoxy) is 1. The smallest absolute Gasteiger partial charge is 0.225 e. The van der Waals surface area contributed by atoms with Crippen molar-refractivity contribution >= 4 is 21.7 Å². The zero-order chi connectivity index (χ0) is 20.3. The van der Waals surface area contributed by atoms with E-state index in [0.717, 1.165) is 0 Å². The maximum Gasteiger partial charge on any atom is 0.225 e. The van der Waals surface area contributed by atoms with Gasteiger partial charge in [0.05, 0.1) is 17.3 Å². The number of methoxy groups -OCH3 is 1. The van der Waals surface area contributed by atoms with Crippen LogP contribution in [-0.4, -0.2) is 68.6 Å². The number of carbonyl (C=O) groups is 2. The van der Waals surface area contributed by atoms with Crippen LogP contribution in [0, 0.1) is 5.92 Å². The molecule has 8 heteroatoms. The van der Waals surface area contributed by atoms with Crippen molar-refractivity contribution in [2.24, 2.45) is 5.92 Å². The lowest BCUT2D eigenvalue weighted by molar-refractivity contribution is -0.140. The van der Waals surface area contributed by atoms with E-state index in [1.807, 2.05) is 0 Å². The van der Waals surface area contributed by atoms with Gasteiger partial charge in [-0.15, -0.1) is 0 Å². The van der Waals surface area contributed by atoms with E-state index in [9.17, 15) is 18.0 Å². The summed E-state index contributed by atoms with van der Waals surface area (Å²) in [7, 11) is -1.87. The second-order valence-electron chi connectivity index (χ2n) is 7.53. The van der Waals surface area contributed by atoms with Crippen molar-refractivity contribution in [2.75, 3.05) is 33.3 Å². The SMILES string of the molecule is COc1ccc(S(=O)(=O)C2CCN(C(=O)C3CCN(C(C)=O)CC3)CC2)cc1. The van der Waals surface area contributed by atoms with E-state index in [2.05, 4.69) is 0 Å². The number of likely N-dealkylation sites (tertiary alicyclic amines) is 2. The average molecular weight is 409 g/mol. The fraction of sp³-hybridized carbons (Fsp3) is 0.600. The summed E-state index contributed by atoms with van der Waals surface area (Å²) in [5.41, 5.74) is 0. The molecule has 1 aromatic carbocycles. The van der Waals surface area contributed by atoms with Crippen molar-refractivity contribution in [2.45, 2.75) is 42.8 Å². The van der Waals surface area contributed by atoms with E-state index in [4.69, 9.17) is 4.74 Å². The molecule has 2 fully saturated rings. The zero-order valence-corrected chi connectivity index (χ0v) is 17.3. The summed E-state index contributed by atoms with van der Waals surface area (Å²) in [4.78, 5) is 28.1. The normalized spacial score (nSPS) is 19.5. The Morgan fingerprint density at radius 2 is 1.46 bits per heavy atom. The molecule has 0 spiro atoms. The van der Waals surface area contributed by atoms with Crippen LogP contribution in [0.25, 0.3) is 0 Å². The van der Waals surface area contributed by atoms with Crippen LogP contribution in [0.1, 0.15) is 32.6 Å². The Hall–Kier alpha value is -2.09. The van der Waals surface area contributed by atoms with Gasteiger partial charge >= 0.3 is 0 Å². The number of benzene rings is 1. The molecule has 7 nitrogen and oxygen atoms in total. The van der Waals surface area contributed by atoms with Crippen LogP contribution in [0.4, 0.5) is 0 Å². The third kappa shape index (κ3) is 4.32. The summed E-state index contributed by atoms with van der Waals surface area (Å²) in [6.07, 6.45) is 2.27. The highest BCUT2D eigenvalue weighted by Crippen LogP contribution is 2.28. The number of carbonyl (C=O) groups excluding carboxylic acids is 2. The Bertz CT molecular complexity index is 806. The molecule has 0 aliphatic carbocycles. The van der Waals surface area contributed by atoms with Crippen LogP contribution in [0.15, 0.2) is 29.2 Å². The second kappa shape index (κ2) is 8.51. The van der Waals surface area contributed by atoms with Crippen LogP contribution in [-0.2, 0) is 19.4 Å². The number of nitrogens with zero attached hydrogens (tertiary/aromatic N) is 2. The molecule has 0 aromatic heterocycles. The van der Waals surface area contributed by atoms with Gasteiger partial charge in [0.2, 0.25) is 11.8 Å². The summed E-state index contributed by atoms with van der Waals surface area (Å²) in [6, 6.07) is 6.46. The minimum atomic E-state index is -3.42. The van der Waals surface area contributed by atoms with Gasteiger partial charge in [0.1, 0.15) is 5.75 Å². The first kappa shape index (κ1) is 20.6. The van der Waals surface area contributed by atoms with Crippen LogP contribution in [0.2, 0.25) is 0 Å². The molecule has 0 atom stereocenters. The lowest BCUT2D eigenvalue weighted by atomic mass is 9.94. The van der Waals surface area contributed by atoms with Crippen molar-refractivity contribution in [1.82, 2.24) is 9.80 Å². The molecule has 0 saturated carbocycles. The van der Waals surface area contributed by atoms with Crippen LogP contribution in [0.5, 0.6) is 5.75 Å². The molecule has 0 bridgehead atoms. The van der Waals surface area contributed by atoms with E-state index in [0.29, 0.717) is 62.5 Å². The Balaban J connectivity index is 1.56. The van der Waals surface area contributed by atoms with E-state index in [1.54, 1.807) is 48.1 Å². The number of sulfone groups is 1. The molecule has 2 heterocycles. The molecule has 2 aliphatic heterocycles. The number of hydrogen-bond donors (Lipinski definition) is 0. The number of piperidine rings is 2. The molecule has 154 valence electrons. The van der Waals surface area contributed by atoms with Gasteiger partial charge < -0.3 is 14.5 Å². The Labute approximate surface area is 166 Å². The third-order valence-electron chi connectivity index (χ3n) is 5.87. The number of amides is 2. The highest BCUT2D eigenvalue weighted by Gasteiger charge is 2.35. The highest BCUT2D eigenvalue weighted by atomic mass is 32.2. The van der Waals surface area contributed by atoms with Crippen LogP contribution < -0.4 is 4.74 Å². The first-order chi connectivity index (χ1) is 13.3. The van der Waals surface area contributed by atoms with Gasteiger partial charge in [-0.2, -0.15) is 0 Å². The third-order valence-corrected chi connectivity index (χ3v) is 8.15. The van der Waals surface area contributed by atoms with E-state index >= 15 is 0 Å². The van der Waals surface area contributed by atoms with Crippen molar-refractivity contribution in [1.29, 1.82) is 0 Å². The van der Waals surface area contributed by atoms with Crippen molar-refractivity contribution in [3.05, 3.63) is 24.3 Å². The van der Waals surface area contributed by atoms with E-state index in [-0.39, 0.29) is 17.7 Å². The summed E-state index contributed by atoms with van der Waals surface area (Å²) >= 11 is 0. The number of rotatable bonds is 4. The monoisotopic (exact) mass is 408 g/mol. The molecule has 2 saturated heterocycles. The van der Waals surface area contributed by atoms with Gasteiger partial charge in [0.25, 0.3) is 0 Å². The van der Waals surface area contributed by atoms with Crippen molar-refractivity contribution in [3.8, 4) is 5.75 Å². The minimum absolute atomic E-state index is 0.0513. The Morgan fingerprint density at radius 3 is 1.96 bits per heavy atom. The Morgan fingerprint density at radius 1 is 0.929 bits per heavy atom. The summed E-state index contributed by atoms with van der Waals surface area (Å²) in [5, 5.41) is -0.468. The van der Waals surface area contributed by atoms with Gasteiger partial charge in [-0.25, -0.2) is 8.42 Å². The van der Waals surface area contributed by atoms with Crippen molar-refractivity contribution < 1.29 is 22.7 Å². The summed E-state index contributed by atoms with van der Waals surface area (Å²) < 4.78 is 30.9. The molecule has 0 radical (unpaired) electrons.